The van der Waals surface area contributed by atoms with E-state index < -0.39 is 12.0 Å². The average molecular weight is 344 g/mol. The van der Waals surface area contributed by atoms with Crippen molar-refractivity contribution < 1.29 is 19.5 Å². The van der Waals surface area contributed by atoms with E-state index in [1.165, 1.54) is 21.3 Å². The fourth-order valence-corrected chi connectivity index (χ4v) is 4.50. The van der Waals surface area contributed by atoms with Gasteiger partial charge in [0.05, 0.1) is 6.54 Å². The molecule has 2 atom stereocenters. The Bertz CT molecular complexity index is 804. The molecular formula is C17H16N2O4S. The third-order valence-electron chi connectivity index (χ3n) is 4.37. The number of nitrogens with zero attached hydrogens (tertiary/aromatic N) is 2. The molecule has 1 aromatic carbocycles. The maximum atomic E-state index is 12.6. The van der Waals surface area contributed by atoms with Gasteiger partial charge in [-0.05, 0) is 24.1 Å². The van der Waals surface area contributed by atoms with Crippen molar-refractivity contribution >= 4 is 23.3 Å². The van der Waals surface area contributed by atoms with Crippen molar-refractivity contribution in [3.8, 4) is 0 Å². The predicted octanol–water partition coefficient (Wildman–Crippen LogP) is 3.11. The largest absolute Gasteiger partial charge is 0.479 e. The Morgan fingerprint density at radius 3 is 2.83 bits per heavy atom. The first kappa shape index (κ1) is 15.2. The maximum absolute atomic E-state index is 12.6. The summed E-state index contributed by atoms with van der Waals surface area (Å²) in [5, 5.41) is 10.9. The van der Waals surface area contributed by atoms with Crippen LogP contribution in [0.15, 0.2) is 36.4 Å². The van der Waals surface area contributed by atoms with Crippen molar-refractivity contribution in [1.29, 1.82) is 0 Å². The van der Waals surface area contributed by atoms with Crippen molar-refractivity contribution in [2.75, 3.05) is 6.54 Å². The van der Waals surface area contributed by atoms with E-state index in [4.69, 9.17) is 4.84 Å². The van der Waals surface area contributed by atoms with E-state index in [1.54, 1.807) is 0 Å². The van der Waals surface area contributed by atoms with E-state index in [9.17, 15) is 14.7 Å². The van der Waals surface area contributed by atoms with Crippen molar-refractivity contribution in [2.24, 2.45) is 0 Å². The number of urea groups is 1. The standard InChI is InChI=1S/C17H16N2O4S/c1-10-7-12-13-8-18(14(16(20)21)15(12)24-10)17(22)19(13)23-9-11-5-3-2-4-6-11/h2-7,13-14H,8-9H2,1H3,(H,20,21). The first-order valence-corrected chi connectivity index (χ1v) is 8.47. The van der Waals surface area contributed by atoms with Gasteiger partial charge in [-0.3, -0.25) is 4.84 Å². The lowest BCUT2D eigenvalue weighted by Crippen LogP contribution is -2.37. The first-order valence-electron chi connectivity index (χ1n) is 7.66. The number of carbonyl (C=O) groups is 2. The Morgan fingerprint density at radius 1 is 1.38 bits per heavy atom. The van der Waals surface area contributed by atoms with Crippen LogP contribution < -0.4 is 0 Å². The van der Waals surface area contributed by atoms with E-state index >= 15 is 0 Å². The highest BCUT2D eigenvalue weighted by Gasteiger charge is 2.52. The fourth-order valence-electron chi connectivity index (χ4n) is 3.32. The number of hydrogen-bond donors (Lipinski definition) is 1. The van der Waals surface area contributed by atoms with Crippen LogP contribution >= 0.6 is 11.3 Å². The highest BCUT2D eigenvalue weighted by molar-refractivity contribution is 7.12. The molecule has 2 aromatic rings. The lowest BCUT2D eigenvalue weighted by atomic mass is 9.99. The number of fused-ring (bicyclic) bond motifs is 4. The number of aryl methyl sites for hydroxylation is 1. The first-order chi connectivity index (χ1) is 11.6. The van der Waals surface area contributed by atoms with Crippen molar-refractivity contribution in [3.63, 3.8) is 0 Å². The number of hydroxylamine groups is 2. The zero-order valence-electron chi connectivity index (χ0n) is 13.0. The van der Waals surface area contributed by atoms with Crippen LogP contribution in [-0.4, -0.2) is 33.6 Å². The molecule has 2 aliphatic heterocycles. The second kappa shape index (κ2) is 5.61. The van der Waals surface area contributed by atoms with Crippen LogP contribution in [0.2, 0.25) is 0 Å². The number of amides is 2. The summed E-state index contributed by atoms with van der Waals surface area (Å²) >= 11 is 1.44. The minimum Gasteiger partial charge on any atom is -0.479 e. The molecule has 3 heterocycles. The molecule has 6 nitrogen and oxygen atoms in total. The smallest absolute Gasteiger partial charge is 0.345 e. The van der Waals surface area contributed by atoms with E-state index in [1.807, 2.05) is 43.3 Å². The van der Waals surface area contributed by atoms with E-state index in [0.29, 0.717) is 6.54 Å². The van der Waals surface area contributed by atoms with Gasteiger partial charge in [-0.15, -0.1) is 11.3 Å². The molecule has 0 aliphatic carbocycles. The fraction of sp³-hybridized carbons (Fsp3) is 0.294. The third kappa shape index (κ3) is 2.28. The zero-order chi connectivity index (χ0) is 16.8. The molecule has 1 saturated heterocycles. The topological polar surface area (TPSA) is 70.1 Å². The summed E-state index contributed by atoms with van der Waals surface area (Å²) in [4.78, 5) is 33.3. The highest BCUT2D eigenvalue weighted by Crippen LogP contribution is 2.47. The SMILES string of the molecule is Cc1cc2c(s1)C(C(=O)O)N1CC2N(OCc2ccccc2)C1=O. The number of hydrogen-bond acceptors (Lipinski definition) is 4. The van der Waals surface area contributed by atoms with Crippen LogP contribution in [0.1, 0.15) is 33.0 Å². The Balaban J connectivity index is 1.64. The summed E-state index contributed by atoms with van der Waals surface area (Å²) < 4.78 is 0. The maximum Gasteiger partial charge on any atom is 0.345 e. The summed E-state index contributed by atoms with van der Waals surface area (Å²) in [5.41, 5.74) is 1.85. The van der Waals surface area contributed by atoms with Crippen molar-refractivity contribution in [2.45, 2.75) is 25.6 Å². The van der Waals surface area contributed by atoms with Crippen LogP contribution in [0.5, 0.6) is 0 Å². The monoisotopic (exact) mass is 344 g/mol. The lowest BCUT2D eigenvalue weighted by molar-refractivity contribution is -0.143. The average Bonchev–Trinajstić information content (AvgIpc) is 3.07. The van der Waals surface area contributed by atoms with Gasteiger partial charge in [0.1, 0.15) is 12.6 Å². The van der Waals surface area contributed by atoms with Gasteiger partial charge in [0, 0.05) is 9.75 Å². The van der Waals surface area contributed by atoms with Gasteiger partial charge in [-0.25, -0.2) is 9.59 Å². The molecule has 2 bridgehead atoms. The van der Waals surface area contributed by atoms with Gasteiger partial charge >= 0.3 is 12.0 Å². The van der Waals surface area contributed by atoms with Gasteiger partial charge < -0.3 is 10.0 Å². The summed E-state index contributed by atoms with van der Waals surface area (Å²) in [6.45, 7) is 2.56. The molecule has 124 valence electrons. The van der Waals surface area contributed by atoms with Gasteiger partial charge in [0.25, 0.3) is 0 Å². The number of carbonyl (C=O) groups excluding carboxylic acids is 1. The number of benzene rings is 1. The van der Waals surface area contributed by atoms with E-state index in [0.717, 1.165) is 20.9 Å². The van der Waals surface area contributed by atoms with Crippen LogP contribution in [0, 0.1) is 6.92 Å². The molecule has 2 unspecified atom stereocenters. The number of carboxylic acid groups (broad SMARTS) is 1. The van der Waals surface area contributed by atoms with E-state index in [-0.39, 0.29) is 18.7 Å². The summed E-state index contributed by atoms with van der Waals surface area (Å²) in [6.07, 6.45) is 0. The van der Waals surface area contributed by atoms with Gasteiger partial charge in [0.15, 0.2) is 6.04 Å². The van der Waals surface area contributed by atoms with Crippen LogP contribution in [0.3, 0.4) is 0 Å². The zero-order valence-corrected chi connectivity index (χ0v) is 13.8. The lowest BCUT2D eigenvalue weighted by Gasteiger charge is -2.27. The Hall–Kier alpha value is -2.38. The van der Waals surface area contributed by atoms with E-state index in [2.05, 4.69) is 0 Å². The third-order valence-corrected chi connectivity index (χ3v) is 5.49. The molecule has 1 aromatic heterocycles. The number of carboxylic acids is 1. The van der Waals surface area contributed by atoms with Crippen LogP contribution in [0.4, 0.5) is 4.79 Å². The van der Waals surface area contributed by atoms with Gasteiger partial charge in [-0.2, -0.15) is 5.06 Å². The minimum absolute atomic E-state index is 0.253. The molecule has 2 aliphatic rings. The molecule has 1 fully saturated rings. The minimum atomic E-state index is -1.00. The second-order valence-corrected chi connectivity index (χ2v) is 7.24. The Morgan fingerprint density at radius 2 is 2.12 bits per heavy atom. The highest BCUT2D eigenvalue weighted by atomic mass is 32.1. The van der Waals surface area contributed by atoms with Crippen LogP contribution in [-0.2, 0) is 16.2 Å². The molecular weight excluding hydrogens is 328 g/mol. The molecule has 24 heavy (non-hydrogen) atoms. The normalized spacial score (nSPS) is 22.0. The molecule has 7 heteroatoms. The Kier molecular flexibility index (Phi) is 3.54. The summed E-state index contributed by atoms with van der Waals surface area (Å²) in [7, 11) is 0. The molecule has 4 rings (SSSR count). The van der Waals surface area contributed by atoms with Crippen molar-refractivity contribution in [1.82, 2.24) is 9.96 Å². The summed E-state index contributed by atoms with van der Waals surface area (Å²) in [6, 6.07) is 9.99. The number of thiophene rings is 1. The molecule has 0 radical (unpaired) electrons. The Labute approximate surface area is 142 Å². The van der Waals surface area contributed by atoms with Gasteiger partial charge in [0.2, 0.25) is 0 Å². The van der Waals surface area contributed by atoms with Crippen molar-refractivity contribution in [3.05, 3.63) is 57.3 Å². The molecule has 0 spiro atoms. The summed E-state index contributed by atoms with van der Waals surface area (Å²) in [5.74, 6) is -1.00. The second-order valence-electron chi connectivity index (χ2n) is 5.95. The van der Waals surface area contributed by atoms with Gasteiger partial charge in [-0.1, -0.05) is 30.3 Å². The molecule has 1 N–H and O–H groups in total. The quantitative estimate of drug-likeness (QED) is 0.925. The predicted molar refractivity (Wildman–Crippen MR) is 87.3 cm³/mol. The number of aliphatic carboxylic acids is 1. The van der Waals surface area contributed by atoms with Crippen LogP contribution in [0.25, 0.3) is 0 Å². The number of rotatable bonds is 4. The molecule has 2 amide bonds. The molecule has 0 saturated carbocycles.